The van der Waals surface area contributed by atoms with Gasteiger partial charge in [-0.05, 0) is 61.7 Å². The number of halogens is 2. The number of rotatable bonds is 11. The molecule has 0 unspecified atom stereocenters. The molecule has 0 spiro atoms. The highest BCUT2D eigenvalue weighted by atomic mass is 35.5. The van der Waals surface area contributed by atoms with E-state index < -0.39 is 32.0 Å². The minimum Gasteiger partial charge on any atom is -0.492 e. The number of sulfonamides is 2. The van der Waals surface area contributed by atoms with Crippen LogP contribution >= 0.6 is 23.2 Å². The average Bonchev–Trinajstić information content (AvgIpc) is 2.87. The van der Waals surface area contributed by atoms with Crippen LogP contribution in [0.2, 0.25) is 10.0 Å². The van der Waals surface area contributed by atoms with Crippen LogP contribution in [0.25, 0.3) is 0 Å². The van der Waals surface area contributed by atoms with E-state index >= 15 is 0 Å². The van der Waals surface area contributed by atoms with Crippen molar-refractivity contribution in [3.05, 3.63) is 52.5 Å². The van der Waals surface area contributed by atoms with E-state index in [-0.39, 0.29) is 40.2 Å². The van der Waals surface area contributed by atoms with Crippen molar-refractivity contribution < 1.29 is 26.4 Å². The molecule has 1 aliphatic heterocycles. The number of piperidine rings is 1. The molecule has 204 valence electrons. The lowest BCUT2D eigenvalue weighted by Crippen LogP contribution is -2.50. The first-order chi connectivity index (χ1) is 17.4. The smallest absolute Gasteiger partial charge is 0.244 e. The molecular formula is C24H31Cl2N3O6S2. The summed E-state index contributed by atoms with van der Waals surface area (Å²) in [4.78, 5) is 13.1. The zero-order valence-electron chi connectivity index (χ0n) is 20.7. The first-order valence-corrected chi connectivity index (χ1v) is 15.9. The number of benzene rings is 2. The quantitative estimate of drug-likeness (QED) is 0.396. The van der Waals surface area contributed by atoms with Crippen LogP contribution in [0.1, 0.15) is 32.6 Å². The maximum Gasteiger partial charge on any atom is 0.244 e. The molecule has 0 aliphatic carbocycles. The number of hydrogen-bond donors (Lipinski definition) is 1. The van der Waals surface area contributed by atoms with Gasteiger partial charge in [0.2, 0.25) is 26.0 Å². The van der Waals surface area contributed by atoms with E-state index in [0.717, 1.165) is 29.8 Å². The summed E-state index contributed by atoms with van der Waals surface area (Å²) in [5.41, 5.74) is 0.231. The molecule has 2 aromatic rings. The predicted molar refractivity (Wildman–Crippen MR) is 145 cm³/mol. The highest BCUT2D eigenvalue weighted by Gasteiger charge is 2.31. The number of ether oxygens (including phenoxy) is 1. The average molecular weight is 593 g/mol. The van der Waals surface area contributed by atoms with Gasteiger partial charge in [0.15, 0.2) is 0 Å². The second kappa shape index (κ2) is 12.7. The molecule has 0 bridgehead atoms. The Bertz CT molecular complexity index is 1300. The summed E-state index contributed by atoms with van der Waals surface area (Å²) in [5, 5.41) is 3.14. The van der Waals surface area contributed by atoms with E-state index in [0.29, 0.717) is 18.8 Å². The van der Waals surface area contributed by atoms with Gasteiger partial charge in [-0.15, -0.1) is 0 Å². The summed E-state index contributed by atoms with van der Waals surface area (Å²) in [6.07, 6.45) is 3.99. The number of carbonyl (C=O) groups is 1. The molecule has 1 saturated heterocycles. The number of anilines is 1. The van der Waals surface area contributed by atoms with Crippen LogP contribution in [-0.4, -0.2) is 65.6 Å². The number of nitrogens with zero attached hydrogens (tertiary/aromatic N) is 2. The summed E-state index contributed by atoms with van der Waals surface area (Å²) in [7, 11) is -7.34. The van der Waals surface area contributed by atoms with Crippen molar-refractivity contribution >= 4 is 54.8 Å². The van der Waals surface area contributed by atoms with Crippen molar-refractivity contribution in [3.8, 4) is 5.75 Å². The second-order valence-corrected chi connectivity index (χ2v) is 13.3. The third-order valence-corrected chi connectivity index (χ3v) is 9.77. The molecule has 0 saturated carbocycles. The zero-order valence-corrected chi connectivity index (χ0v) is 23.8. The van der Waals surface area contributed by atoms with Crippen LogP contribution in [0.4, 0.5) is 5.69 Å². The summed E-state index contributed by atoms with van der Waals surface area (Å²) in [6, 6.07) is 9.51. The Morgan fingerprint density at radius 3 is 2.24 bits per heavy atom. The maximum absolute atomic E-state index is 12.9. The maximum atomic E-state index is 12.9. The Balaban J connectivity index is 1.59. The summed E-state index contributed by atoms with van der Waals surface area (Å²) < 4.78 is 58.8. The number of nitrogens with one attached hydrogen (secondary N) is 1. The predicted octanol–water partition coefficient (Wildman–Crippen LogP) is 3.91. The van der Waals surface area contributed by atoms with Gasteiger partial charge in [-0.3, -0.25) is 9.10 Å². The third-order valence-electron chi connectivity index (χ3n) is 5.93. The van der Waals surface area contributed by atoms with E-state index in [2.05, 4.69) is 5.32 Å². The van der Waals surface area contributed by atoms with Gasteiger partial charge in [-0.1, -0.05) is 36.5 Å². The SMILES string of the molecule is CC[C@@H](C(=O)NCCOc1ccc(S(=O)(=O)N2CCCCC2)cc1)N(c1ccc(Cl)c(Cl)c1)S(C)(=O)=O. The fourth-order valence-electron chi connectivity index (χ4n) is 4.11. The van der Waals surface area contributed by atoms with Gasteiger partial charge in [0, 0.05) is 13.1 Å². The van der Waals surface area contributed by atoms with E-state index in [1.165, 1.54) is 34.6 Å². The van der Waals surface area contributed by atoms with Crippen molar-refractivity contribution in [2.24, 2.45) is 0 Å². The molecular weight excluding hydrogens is 561 g/mol. The molecule has 1 amide bonds. The summed E-state index contributed by atoms with van der Waals surface area (Å²) >= 11 is 12.0. The van der Waals surface area contributed by atoms with Crippen LogP contribution in [-0.2, 0) is 24.8 Å². The minimum absolute atomic E-state index is 0.103. The third kappa shape index (κ3) is 7.51. The monoisotopic (exact) mass is 591 g/mol. The fraction of sp³-hybridized carbons (Fsp3) is 0.458. The normalized spacial score (nSPS) is 15.7. The van der Waals surface area contributed by atoms with E-state index in [9.17, 15) is 21.6 Å². The Morgan fingerprint density at radius 1 is 1.03 bits per heavy atom. The van der Waals surface area contributed by atoms with Crippen LogP contribution in [0.5, 0.6) is 5.75 Å². The van der Waals surface area contributed by atoms with Crippen molar-refractivity contribution in [2.45, 2.75) is 43.5 Å². The molecule has 1 heterocycles. The molecule has 0 radical (unpaired) electrons. The summed E-state index contributed by atoms with van der Waals surface area (Å²) in [5.74, 6) is -0.0435. The van der Waals surface area contributed by atoms with E-state index in [4.69, 9.17) is 27.9 Å². The molecule has 2 aromatic carbocycles. The molecule has 0 aromatic heterocycles. The molecule has 1 atom stereocenters. The number of amides is 1. The van der Waals surface area contributed by atoms with E-state index in [1.54, 1.807) is 19.1 Å². The lowest BCUT2D eigenvalue weighted by Gasteiger charge is -2.30. The summed E-state index contributed by atoms with van der Waals surface area (Å²) in [6.45, 7) is 2.98. The molecule has 3 rings (SSSR count). The first-order valence-electron chi connectivity index (χ1n) is 11.9. The van der Waals surface area contributed by atoms with Gasteiger partial charge in [0.05, 0.1) is 33.4 Å². The van der Waals surface area contributed by atoms with Crippen molar-refractivity contribution in [1.29, 1.82) is 0 Å². The van der Waals surface area contributed by atoms with Crippen LogP contribution in [0.15, 0.2) is 47.4 Å². The highest BCUT2D eigenvalue weighted by molar-refractivity contribution is 7.92. The van der Waals surface area contributed by atoms with Gasteiger partial charge in [0.25, 0.3) is 0 Å². The Hall–Kier alpha value is -2.05. The lowest BCUT2D eigenvalue weighted by atomic mass is 10.2. The highest BCUT2D eigenvalue weighted by Crippen LogP contribution is 2.30. The zero-order chi connectivity index (χ0) is 27.2. The molecule has 1 N–H and O–H groups in total. The van der Waals surface area contributed by atoms with Crippen molar-refractivity contribution in [1.82, 2.24) is 9.62 Å². The molecule has 13 heteroatoms. The lowest BCUT2D eigenvalue weighted by molar-refractivity contribution is -0.122. The Morgan fingerprint density at radius 2 is 1.68 bits per heavy atom. The Kier molecular flexibility index (Phi) is 10.1. The van der Waals surface area contributed by atoms with Crippen LogP contribution in [0, 0.1) is 0 Å². The van der Waals surface area contributed by atoms with Gasteiger partial charge in [-0.2, -0.15) is 4.31 Å². The van der Waals surface area contributed by atoms with Crippen LogP contribution < -0.4 is 14.4 Å². The fourth-order valence-corrected chi connectivity index (χ4v) is 7.12. The number of carbonyl (C=O) groups excluding carboxylic acids is 1. The molecule has 1 aliphatic rings. The van der Waals surface area contributed by atoms with Crippen molar-refractivity contribution in [3.63, 3.8) is 0 Å². The van der Waals surface area contributed by atoms with Gasteiger partial charge >= 0.3 is 0 Å². The topological polar surface area (TPSA) is 113 Å². The molecule has 37 heavy (non-hydrogen) atoms. The minimum atomic E-state index is -3.82. The molecule has 1 fully saturated rings. The van der Waals surface area contributed by atoms with Crippen molar-refractivity contribution in [2.75, 3.05) is 36.8 Å². The molecule has 9 nitrogen and oxygen atoms in total. The first kappa shape index (κ1) is 29.5. The van der Waals surface area contributed by atoms with E-state index in [1.807, 2.05) is 0 Å². The van der Waals surface area contributed by atoms with Gasteiger partial charge in [-0.25, -0.2) is 16.8 Å². The standard InChI is InChI=1S/C24H31Cl2N3O6S2/c1-3-23(29(36(2,31)32)18-7-12-21(25)22(26)17-18)24(30)27-13-16-35-19-8-10-20(11-9-19)37(33,34)28-14-5-4-6-15-28/h7-12,17,23H,3-6,13-16H2,1-2H3,(H,27,30)/t23-/m0/s1. The number of hydrogen-bond acceptors (Lipinski definition) is 6. The van der Waals surface area contributed by atoms with Gasteiger partial charge < -0.3 is 10.1 Å². The van der Waals surface area contributed by atoms with Crippen LogP contribution in [0.3, 0.4) is 0 Å². The second-order valence-electron chi connectivity index (χ2n) is 8.66. The van der Waals surface area contributed by atoms with Gasteiger partial charge in [0.1, 0.15) is 18.4 Å². The largest absolute Gasteiger partial charge is 0.492 e. The Labute approximate surface area is 228 Å².